The first-order chi connectivity index (χ1) is 15.7. The van der Waals surface area contributed by atoms with Gasteiger partial charge in [-0.25, -0.2) is 9.67 Å². The van der Waals surface area contributed by atoms with Crippen molar-refractivity contribution >= 4 is 29.1 Å². The number of nitrogens with zero attached hydrogens (tertiary/aromatic N) is 3. The van der Waals surface area contributed by atoms with Crippen LogP contribution in [0.5, 0.6) is 11.5 Å². The zero-order chi connectivity index (χ0) is 23.8. The second-order valence-corrected chi connectivity index (χ2v) is 7.71. The van der Waals surface area contributed by atoms with Crippen molar-refractivity contribution in [3.8, 4) is 11.5 Å². The summed E-state index contributed by atoms with van der Waals surface area (Å²) in [5, 5.41) is 9.81. The Balaban J connectivity index is 1.69. The van der Waals surface area contributed by atoms with E-state index in [2.05, 4.69) is 20.7 Å². The number of carbonyl (C=O) groups excluding carboxylic acids is 1. The lowest BCUT2D eigenvalue weighted by Crippen LogP contribution is -2.36. The molecule has 4 rings (SSSR count). The van der Waals surface area contributed by atoms with Crippen LogP contribution in [0, 0.1) is 0 Å². The number of ether oxygens (including phenoxy) is 2. The number of fused-ring (bicyclic) bond motifs is 1. The molecule has 0 saturated heterocycles. The summed E-state index contributed by atoms with van der Waals surface area (Å²) in [5.74, 6) is 0.322. The molecule has 33 heavy (non-hydrogen) atoms. The lowest BCUT2D eigenvalue weighted by Gasteiger charge is -2.34. The minimum atomic E-state index is -4.58. The molecule has 1 aromatic carbocycles. The predicted octanol–water partition coefficient (Wildman–Crippen LogP) is 4.86. The van der Waals surface area contributed by atoms with Gasteiger partial charge in [-0.1, -0.05) is 17.7 Å². The van der Waals surface area contributed by atoms with Crippen molar-refractivity contribution in [1.29, 1.82) is 0 Å². The van der Waals surface area contributed by atoms with Crippen LogP contribution in [0.25, 0.3) is 0 Å². The van der Waals surface area contributed by atoms with Gasteiger partial charge in [-0.3, -0.25) is 4.79 Å². The summed E-state index contributed by atoms with van der Waals surface area (Å²) in [6.07, 6.45) is -2.46. The monoisotopic (exact) mass is 481 g/mol. The van der Waals surface area contributed by atoms with Crippen molar-refractivity contribution in [1.82, 2.24) is 14.8 Å². The molecule has 1 aliphatic rings. The van der Waals surface area contributed by atoms with Gasteiger partial charge in [0.15, 0.2) is 17.5 Å². The van der Waals surface area contributed by atoms with E-state index in [-0.39, 0.29) is 23.6 Å². The number of methoxy groups -OCH3 is 2. The molecule has 1 aliphatic heterocycles. The zero-order valence-electron chi connectivity index (χ0n) is 17.5. The molecule has 0 aliphatic carbocycles. The molecular formula is C21H19ClF3N5O3. The van der Waals surface area contributed by atoms with Crippen molar-refractivity contribution < 1.29 is 27.4 Å². The lowest BCUT2D eigenvalue weighted by atomic mass is 9.96. The van der Waals surface area contributed by atoms with Gasteiger partial charge in [-0.05, 0) is 29.8 Å². The second-order valence-electron chi connectivity index (χ2n) is 7.27. The Labute approximate surface area is 191 Å². The standard InChI is InChI=1S/C21H19ClF3N5O3/c1-32-15-5-3-11(7-16(15)33-2)14-8-17(21(23,24)25)30-19(28-14)13(10-27-30)20(31)29-18-6-4-12(22)9-26-18/h3-7,9-10,14,17,28H,8H2,1-2H3,(H,26,29,31). The Kier molecular flexibility index (Phi) is 6.07. The second kappa shape index (κ2) is 8.81. The van der Waals surface area contributed by atoms with E-state index in [0.29, 0.717) is 22.1 Å². The van der Waals surface area contributed by atoms with Crippen LogP contribution in [0.3, 0.4) is 0 Å². The Morgan fingerprint density at radius 3 is 2.58 bits per heavy atom. The summed E-state index contributed by atoms with van der Waals surface area (Å²) in [4.78, 5) is 16.8. The van der Waals surface area contributed by atoms with Crippen LogP contribution in [-0.2, 0) is 0 Å². The van der Waals surface area contributed by atoms with Gasteiger partial charge in [0, 0.05) is 12.6 Å². The summed E-state index contributed by atoms with van der Waals surface area (Å²) in [5.41, 5.74) is 0.492. The van der Waals surface area contributed by atoms with Gasteiger partial charge in [-0.2, -0.15) is 18.3 Å². The number of carbonyl (C=O) groups is 1. The van der Waals surface area contributed by atoms with E-state index in [0.717, 1.165) is 10.9 Å². The summed E-state index contributed by atoms with van der Waals surface area (Å²) in [6.45, 7) is 0. The third-order valence-corrected chi connectivity index (χ3v) is 5.49. The van der Waals surface area contributed by atoms with E-state index in [1.807, 2.05) is 0 Å². The highest BCUT2D eigenvalue weighted by Crippen LogP contribution is 2.45. The molecule has 8 nitrogen and oxygen atoms in total. The van der Waals surface area contributed by atoms with E-state index in [1.54, 1.807) is 18.2 Å². The Hall–Kier alpha value is -3.47. The molecule has 174 valence electrons. The van der Waals surface area contributed by atoms with Crippen LogP contribution in [0.1, 0.15) is 34.4 Å². The van der Waals surface area contributed by atoms with Gasteiger partial charge in [0.2, 0.25) is 0 Å². The number of nitrogens with one attached hydrogen (secondary N) is 2. The third kappa shape index (κ3) is 4.54. The quantitative estimate of drug-likeness (QED) is 0.541. The summed E-state index contributed by atoms with van der Waals surface area (Å²) in [7, 11) is 2.91. The van der Waals surface area contributed by atoms with Crippen LogP contribution >= 0.6 is 11.6 Å². The number of hydrogen-bond donors (Lipinski definition) is 2. The van der Waals surface area contributed by atoms with E-state index >= 15 is 0 Å². The number of anilines is 2. The van der Waals surface area contributed by atoms with Gasteiger partial charge >= 0.3 is 6.18 Å². The number of rotatable bonds is 5. The largest absolute Gasteiger partial charge is 0.493 e. The van der Waals surface area contributed by atoms with Crippen molar-refractivity contribution in [2.75, 3.05) is 24.9 Å². The third-order valence-electron chi connectivity index (χ3n) is 5.26. The molecule has 0 bridgehead atoms. The maximum Gasteiger partial charge on any atom is 0.410 e. The van der Waals surface area contributed by atoms with Gasteiger partial charge in [-0.15, -0.1) is 0 Å². The molecule has 2 unspecified atom stereocenters. The molecular weight excluding hydrogens is 463 g/mol. The number of amides is 1. The predicted molar refractivity (Wildman–Crippen MR) is 115 cm³/mol. The number of benzene rings is 1. The Morgan fingerprint density at radius 2 is 1.94 bits per heavy atom. The van der Waals surface area contributed by atoms with Crippen molar-refractivity contribution in [3.63, 3.8) is 0 Å². The smallest absolute Gasteiger partial charge is 0.410 e. The Morgan fingerprint density at radius 1 is 1.18 bits per heavy atom. The summed E-state index contributed by atoms with van der Waals surface area (Å²) in [6, 6.07) is 5.19. The summed E-state index contributed by atoms with van der Waals surface area (Å²) >= 11 is 5.79. The number of hydrogen-bond acceptors (Lipinski definition) is 6. The molecule has 2 atom stereocenters. The van der Waals surface area contributed by atoms with E-state index in [9.17, 15) is 18.0 Å². The summed E-state index contributed by atoms with van der Waals surface area (Å²) < 4.78 is 53.0. The molecule has 2 N–H and O–H groups in total. The Bertz CT molecular complexity index is 1170. The van der Waals surface area contributed by atoms with Crippen LogP contribution < -0.4 is 20.1 Å². The lowest BCUT2D eigenvalue weighted by molar-refractivity contribution is -0.173. The van der Waals surface area contributed by atoms with E-state index in [1.165, 1.54) is 32.5 Å². The molecule has 0 radical (unpaired) electrons. The number of halogens is 4. The van der Waals surface area contributed by atoms with Crippen LogP contribution in [0.2, 0.25) is 5.02 Å². The maximum absolute atomic E-state index is 13.9. The first-order valence-electron chi connectivity index (χ1n) is 9.77. The SMILES string of the molecule is COc1ccc(C2CC(C(F)(F)F)n3ncc(C(=O)Nc4ccc(Cl)cn4)c3N2)cc1OC. The average Bonchev–Trinajstić information content (AvgIpc) is 3.22. The van der Waals surface area contributed by atoms with Crippen LogP contribution in [-0.4, -0.2) is 41.1 Å². The molecule has 3 heterocycles. The molecule has 0 fully saturated rings. The molecule has 0 spiro atoms. The fraction of sp³-hybridized carbons (Fsp3) is 0.286. The highest BCUT2D eigenvalue weighted by Gasteiger charge is 2.47. The van der Waals surface area contributed by atoms with Crippen molar-refractivity contribution in [2.24, 2.45) is 0 Å². The van der Waals surface area contributed by atoms with Crippen molar-refractivity contribution in [2.45, 2.75) is 24.7 Å². The molecule has 3 aromatic rings. The number of aromatic nitrogens is 3. The first kappa shape index (κ1) is 22.7. The number of alkyl halides is 3. The fourth-order valence-electron chi connectivity index (χ4n) is 3.65. The fourth-order valence-corrected chi connectivity index (χ4v) is 3.76. The normalized spacial score (nSPS) is 17.6. The van der Waals surface area contributed by atoms with Crippen molar-refractivity contribution in [3.05, 3.63) is 58.9 Å². The zero-order valence-corrected chi connectivity index (χ0v) is 18.2. The van der Waals surface area contributed by atoms with Gasteiger partial charge in [0.1, 0.15) is 17.2 Å². The maximum atomic E-state index is 13.9. The highest BCUT2D eigenvalue weighted by atomic mass is 35.5. The van der Waals surface area contributed by atoms with E-state index in [4.69, 9.17) is 21.1 Å². The van der Waals surface area contributed by atoms with Gasteiger partial charge < -0.3 is 20.1 Å². The molecule has 1 amide bonds. The van der Waals surface area contributed by atoms with Gasteiger partial charge in [0.25, 0.3) is 5.91 Å². The number of pyridine rings is 1. The average molecular weight is 482 g/mol. The topological polar surface area (TPSA) is 90.3 Å². The minimum absolute atomic E-state index is 0.0465. The van der Waals surface area contributed by atoms with Crippen LogP contribution in [0.15, 0.2) is 42.7 Å². The molecule has 2 aromatic heterocycles. The van der Waals surface area contributed by atoms with E-state index < -0.39 is 24.2 Å². The highest BCUT2D eigenvalue weighted by molar-refractivity contribution is 6.30. The first-order valence-corrected chi connectivity index (χ1v) is 10.1. The van der Waals surface area contributed by atoms with Gasteiger partial charge in [0.05, 0.1) is 31.5 Å². The van der Waals surface area contributed by atoms with Crippen LogP contribution in [0.4, 0.5) is 24.8 Å². The molecule has 12 heteroatoms. The molecule has 0 saturated carbocycles. The minimum Gasteiger partial charge on any atom is -0.493 e.